The average Bonchev–Trinajstić information content (AvgIpc) is 3.23. The zero-order chi connectivity index (χ0) is 18.3. The van der Waals surface area contributed by atoms with Crippen molar-refractivity contribution in [3.63, 3.8) is 0 Å². The third-order valence-corrected chi connectivity index (χ3v) is 7.05. The normalized spacial score (nSPS) is 26.9. The summed E-state index contributed by atoms with van der Waals surface area (Å²) in [6.07, 6.45) is 4.47. The van der Waals surface area contributed by atoms with Crippen LogP contribution >= 0.6 is 11.3 Å². The monoisotopic (exact) mass is 386 g/mol. The predicted molar refractivity (Wildman–Crippen MR) is 104 cm³/mol. The van der Waals surface area contributed by atoms with Gasteiger partial charge in [0.2, 0.25) is 0 Å². The van der Waals surface area contributed by atoms with Crippen LogP contribution in [0.15, 0.2) is 29.1 Å². The third-order valence-electron chi connectivity index (χ3n) is 6.41. The molecule has 0 amide bonds. The molecular formula is C21H26N2O3S. The molecule has 2 atom stereocenters. The number of likely N-dealkylation sites (tertiary alicyclic amines) is 1. The molecule has 27 heavy (non-hydrogen) atoms. The van der Waals surface area contributed by atoms with Gasteiger partial charge in [-0.15, -0.1) is 11.3 Å². The summed E-state index contributed by atoms with van der Waals surface area (Å²) in [5.74, 6) is 2.15. The van der Waals surface area contributed by atoms with Crippen LogP contribution < -0.4 is 9.47 Å². The Morgan fingerprint density at radius 1 is 1.33 bits per heavy atom. The lowest BCUT2D eigenvalue weighted by Gasteiger charge is -2.53. The van der Waals surface area contributed by atoms with Crippen molar-refractivity contribution in [1.29, 1.82) is 0 Å². The van der Waals surface area contributed by atoms with E-state index in [1.165, 1.54) is 12.1 Å². The fourth-order valence-corrected chi connectivity index (χ4v) is 5.59. The number of ether oxygens (including phenoxy) is 3. The summed E-state index contributed by atoms with van der Waals surface area (Å²) in [7, 11) is 1.72. The number of aromatic nitrogens is 1. The van der Waals surface area contributed by atoms with Crippen LogP contribution in [0.2, 0.25) is 0 Å². The van der Waals surface area contributed by atoms with Gasteiger partial charge in [-0.3, -0.25) is 4.90 Å². The number of piperidine rings is 1. The van der Waals surface area contributed by atoms with Gasteiger partial charge in [0.15, 0.2) is 11.5 Å². The quantitative estimate of drug-likeness (QED) is 0.796. The molecule has 6 heteroatoms. The van der Waals surface area contributed by atoms with E-state index in [9.17, 15) is 0 Å². The fraction of sp³-hybridized carbons (Fsp3) is 0.571. The van der Waals surface area contributed by atoms with Crippen LogP contribution in [-0.4, -0.2) is 42.3 Å². The van der Waals surface area contributed by atoms with E-state index < -0.39 is 0 Å². The van der Waals surface area contributed by atoms with Gasteiger partial charge in [-0.2, -0.15) is 0 Å². The molecule has 3 aliphatic heterocycles. The Hall–Kier alpha value is -1.63. The van der Waals surface area contributed by atoms with E-state index in [4.69, 9.17) is 14.2 Å². The van der Waals surface area contributed by atoms with Gasteiger partial charge in [-0.05, 0) is 18.9 Å². The van der Waals surface area contributed by atoms with Gasteiger partial charge in [-0.25, -0.2) is 4.98 Å². The van der Waals surface area contributed by atoms with Gasteiger partial charge in [0.25, 0.3) is 0 Å². The molecule has 144 valence electrons. The second-order valence-corrected chi connectivity index (χ2v) is 8.56. The molecule has 2 saturated heterocycles. The summed E-state index contributed by atoms with van der Waals surface area (Å²) in [6, 6.07) is 6.18. The second kappa shape index (κ2) is 7.08. The molecule has 1 aromatic heterocycles. The molecule has 1 aromatic carbocycles. The van der Waals surface area contributed by atoms with Crippen LogP contribution in [-0.2, 0) is 11.3 Å². The highest BCUT2D eigenvalue weighted by Crippen LogP contribution is 2.55. The average molecular weight is 387 g/mol. The van der Waals surface area contributed by atoms with E-state index in [0.717, 1.165) is 62.6 Å². The molecule has 5 nitrogen and oxygen atoms in total. The summed E-state index contributed by atoms with van der Waals surface area (Å²) >= 11 is 1.67. The highest BCUT2D eigenvalue weighted by Gasteiger charge is 2.53. The zero-order valence-electron chi connectivity index (χ0n) is 15.7. The maximum absolute atomic E-state index is 6.79. The number of para-hydroxylation sites is 1. The molecule has 0 N–H and O–H groups in total. The van der Waals surface area contributed by atoms with Crippen molar-refractivity contribution in [2.45, 2.75) is 43.9 Å². The summed E-state index contributed by atoms with van der Waals surface area (Å²) in [5, 5.41) is 2.15. The van der Waals surface area contributed by atoms with E-state index in [1.807, 2.05) is 17.6 Å². The summed E-state index contributed by atoms with van der Waals surface area (Å²) in [6.45, 7) is 3.84. The smallest absolute Gasteiger partial charge is 0.167 e. The van der Waals surface area contributed by atoms with Crippen LogP contribution in [0.25, 0.3) is 0 Å². The lowest BCUT2D eigenvalue weighted by molar-refractivity contribution is -0.150. The number of methoxy groups -OCH3 is 1. The van der Waals surface area contributed by atoms with E-state index in [-0.39, 0.29) is 11.7 Å². The third kappa shape index (κ3) is 3.04. The minimum atomic E-state index is -0.148. The Balaban J connectivity index is 1.42. The summed E-state index contributed by atoms with van der Waals surface area (Å²) < 4.78 is 18.7. The summed E-state index contributed by atoms with van der Waals surface area (Å²) in [5.41, 5.74) is 4.10. The molecule has 0 radical (unpaired) electrons. The molecule has 1 spiro atoms. The van der Waals surface area contributed by atoms with E-state index in [2.05, 4.69) is 21.3 Å². The number of nitrogens with zero attached hydrogens (tertiary/aromatic N) is 2. The van der Waals surface area contributed by atoms with Crippen molar-refractivity contribution in [1.82, 2.24) is 9.88 Å². The molecule has 2 fully saturated rings. The predicted octanol–water partition coefficient (Wildman–Crippen LogP) is 4.05. The molecule has 0 unspecified atom stereocenters. The number of hydrogen-bond donors (Lipinski definition) is 0. The van der Waals surface area contributed by atoms with Crippen LogP contribution in [0.3, 0.4) is 0 Å². The second-order valence-electron chi connectivity index (χ2n) is 7.84. The van der Waals surface area contributed by atoms with Crippen molar-refractivity contribution >= 4 is 11.3 Å². The first-order chi connectivity index (χ1) is 13.3. The van der Waals surface area contributed by atoms with E-state index in [0.29, 0.717) is 5.92 Å². The van der Waals surface area contributed by atoms with Crippen LogP contribution in [0.4, 0.5) is 0 Å². The molecule has 0 aliphatic carbocycles. The lowest BCUT2D eigenvalue weighted by Crippen LogP contribution is -2.57. The number of rotatable bonds is 3. The summed E-state index contributed by atoms with van der Waals surface area (Å²) in [4.78, 5) is 6.94. The number of hydrogen-bond acceptors (Lipinski definition) is 6. The zero-order valence-corrected chi connectivity index (χ0v) is 16.5. The Morgan fingerprint density at radius 2 is 2.22 bits per heavy atom. The first-order valence-electron chi connectivity index (χ1n) is 9.86. The standard InChI is InChI=1S/C21H26N2O3S/c1-24-18-6-2-4-16-19-17(5-3-11-25-19)21(26-20(16)18)7-9-23(10-8-21)12-15-13-27-14-22-15/h2,4,6,13-14,17,19H,3,5,7-12H2,1H3/t17-,19+/m0/s1. The van der Waals surface area contributed by atoms with Crippen LogP contribution in [0.5, 0.6) is 11.5 Å². The van der Waals surface area contributed by atoms with Crippen molar-refractivity contribution in [3.05, 3.63) is 40.3 Å². The topological polar surface area (TPSA) is 43.8 Å². The van der Waals surface area contributed by atoms with Gasteiger partial charge in [0.1, 0.15) is 5.60 Å². The number of thiazole rings is 1. The first-order valence-corrected chi connectivity index (χ1v) is 10.8. The lowest BCUT2D eigenvalue weighted by atomic mass is 9.70. The minimum Gasteiger partial charge on any atom is -0.493 e. The van der Waals surface area contributed by atoms with Gasteiger partial charge >= 0.3 is 0 Å². The Morgan fingerprint density at radius 3 is 3.00 bits per heavy atom. The largest absolute Gasteiger partial charge is 0.493 e. The van der Waals surface area contributed by atoms with Crippen LogP contribution in [0, 0.1) is 5.92 Å². The highest BCUT2D eigenvalue weighted by molar-refractivity contribution is 7.07. The molecule has 4 heterocycles. The molecule has 3 aliphatic rings. The van der Waals surface area contributed by atoms with Gasteiger partial charge < -0.3 is 14.2 Å². The first kappa shape index (κ1) is 17.5. The van der Waals surface area contributed by atoms with Gasteiger partial charge in [0.05, 0.1) is 24.4 Å². The van der Waals surface area contributed by atoms with Crippen molar-refractivity contribution < 1.29 is 14.2 Å². The molecule has 0 bridgehead atoms. The van der Waals surface area contributed by atoms with Crippen LogP contribution in [0.1, 0.15) is 43.0 Å². The Bertz CT molecular complexity index is 787. The Labute approximate surface area is 164 Å². The van der Waals surface area contributed by atoms with Crippen molar-refractivity contribution in [2.75, 3.05) is 26.8 Å². The van der Waals surface area contributed by atoms with Gasteiger partial charge in [0, 0.05) is 55.9 Å². The Kier molecular flexibility index (Phi) is 4.58. The molecule has 5 rings (SSSR count). The fourth-order valence-electron chi connectivity index (χ4n) is 5.04. The molecular weight excluding hydrogens is 360 g/mol. The maximum Gasteiger partial charge on any atom is 0.167 e. The number of benzene rings is 1. The van der Waals surface area contributed by atoms with Crippen molar-refractivity contribution in [3.8, 4) is 11.5 Å². The molecule has 2 aromatic rings. The number of fused-ring (bicyclic) bond motifs is 4. The highest BCUT2D eigenvalue weighted by atomic mass is 32.1. The minimum absolute atomic E-state index is 0.127. The van der Waals surface area contributed by atoms with E-state index >= 15 is 0 Å². The van der Waals surface area contributed by atoms with Gasteiger partial charge in [-0.1, -0.05) is 12.1 Å². The maximum atomic E-state index is 6.79. The SMILES string of the molecule is COc1cccc2c1OC1(CCN(Cc3cscn3)CC1)[C@H]1CCCO[C@H]21. The molecule has 0 saturated carbocycles. The van der Waals surface area contributed by atoms with E-state index in [1.54, 1.807) is 18.4 Å². The van der Waals surface area contributed by atoms with Crippen molar-refractivity contribution in [2.24, 2.45) is 5.92 Å².